The second-order valence-corrected chi connectivity index (χ2v) is 2.76. The Morgan fingerprint density at radius 2 is 1.85 bits per heavy atom. The van der Waals surface area contributed by atoms with Gasteiger partial charge in [-0.15, -0.1) is 0 Å². The largest absolute Gasteiger partial charge is 0.369 e. The monoisotopic (exact) mass is 181 g/mol. The van der Waals surface area contributed by atoms with Gasteiger partial charge < -0.3 is 15.9 Å². The van der Waals surface area contributed by atoms with Crippen molar-refractivity contribution in [2.45, 2.75) is 12.7 Å². The van der Waals surface area contributed by atoms with Gasteiger partial charge in [0.05, 0.1) is 6.42 Å². The van der Waals surface area contributed by atoms with E-state index in [4.69, 9.17) is 15.9 Å². The molecule has 0 radical (unpaired) electrons. The maximum Gasteiger partial charge on any atom is 0.221 e. The summed E-state index contributed by atoms with van der Waals surface area (Å²) in [5.74, 6) is -0.405. The molecule has 0 saturated carbocycles. The first kappa shape index (κ1) is 9.70. The van der Waals surface area contributed by atoms with Gasteiger partial charge in [-0.25, -0.2) is 0 Å². The highest BCUT2D eigenvalue weighted by molar-refractivity contribution is 5.76. The second kappa shape index (κ2) is 4.02. The van der Waals surface area contributed by atoms with Crippen LogP contribution in [0.15, 0.2) is 24.3 Å². The minimum atomic E-state index is -1.47. The van der Waals surface area contributed by atoms with Gasteiger partial charge in [0, 0.05) is 5.56 Å². The Bertz CT molecular complexity index is 292. The van der Waals surface area contributed by atoms with Crippen LogP contribution in [0.3, 0.4) is 0 Å². The average Bonchev–Trinajstić information content (AvgIpc) is 2.04. The zero-order valence-corrected chi connectivity index (χ0v) is 6.97. The number of nitrogens with two attached hydrogens (primary N) is 1. The molecule has 13 heavy (non-hydrogen) atoms. The van der Waals surface area contributed by atoms with E-state index in [9.17, 15) is 4.79 Å². The summed E-state index contributed by atoms with van der Waals surface area (Å²) in [6, 6.07) is 6.37. The maximum atomic E-state index is 10.5. The van der Waals surface area contributed by atoms with Crippen molar-refractivity contribution < 1.29 is 15.0 Å². The lowest BCUT2D eigenvalue weighted by molar-refractivity contribution is -0.117. The number of carbonyl (C=O) groups excluding carboxylic acids is 1. The van der Waals surface area contributed by atoms with E-state index >= 15 is 0 Å². The van der Waals surface area contributed by atoms with E-state index in [1.54, 1.807) is 24.3 Å². The van der Waals surface area contributed by atoms with Crippen LogP contribution in [0.2, 0.25) is 0 Å². The number of carbonyl (C=O) groups is 1. The minimum Gasteiger partial charge on any atom is -0.369 e. The van der Waals surface area contributed by atoms with E-state index < -0.39 is 12.2 Å². The lowest BCUT2D eigenvalue weighted by Gasteiger charge is -2.03. The van der Waals surface area contributed by atoms with Gasteiger partial charge >= 0.3 is 0 Å². The number of amides is 1. The average molecular weight is 181 g/mol. The van der Waals surface area contributed by atoms with Gasteiger partial charge in [0.2, 0.25) is 5.91 Å². The molecule has 1 aromatic rings. The molecule has 0 aliphatic carbocycles. The Balaban J connectivity index is 2.75. The topological polar surface area (TPSA) is 83.6 Å². The SMILES string of the molecule is NC(=O)Cc1ccc(C(O)O)cc1. The van der Waals surface area contributed by atoms with Crippen molar-refractivity contribution in [3.63, 3.8) is 0 Å². The van der Waals surface area contributed by atoms with Gasteiger partial charge in [0.1, 0.15) is 0 Å². The van der Waals surface area contributed by atoms with E-state index in [1.807, 2.05) is 0 Å². The van der Waals surface area contributed by atoms with Gasteiger partial charge in [0.15, 0.2) is 6.29 Å². The molecule has 0 spiro atoms. The second-order valence-electron chi connectivity index (χ2n) is 2.76. The number of hydrogen-bond acceptors (Lipinski definition) is 3. The molecule has 0 saturated heterocycles. The van der Waals surface area contributed by atoms with Gasteiger partial charge in [0.25, 0.3) is 0 Å². The van der Waals surface area contributed by atoms with E-state index in [2.05, 4.69) is 0 Å². The molecule has 0 unspecified atom stereocenters. The number of hydrogen-bond donors (Lipinski definition) is 3. The normalized spacial score (nSPS) is 10.4. The molecule has 0 aliphatic rings. The third kappa shape index (κ3) is 2.85. The van der Waals surface area contributed by atoms with Crippen molar-refractivity contribution in [2.75, 3.05) is 0 Å². The van der Waals surface area contributed by atoms with Gasteiger partial charge in [-0.2, -0.15) is 0 Å². The summed E-state index contributed by atoms with van der Waals surface area (Å²) in [6.45, 7) is 0. The van der Waals surface area contributed by atoms with Gasteiger partial charge in [-0.3, -0.25) is 4.79 Å². The van der Waals surface area contributed by atoms with E-state index in [0.29, 0.717) is 5.56 Å². The van der Waals surface area contributed by atoms with E-state index in [-0.39, 0.29) is 6.42 Å². The third-order valence-electron chi connectivity index (χ3n) is 1.66. The van der Waals surface area contributed by atoms with Crippen molar-refractivity contribution in [1.82, 2.24) is 0 Å². The van der Waals surface area contributed by atoms with Crippen LogP contribution >= 0.6 is 0 Å². The zero-order valence-electron chi connectivity index (χ0n) is 6.97. The van der Waals surface area contributed by atoms with Crippen LogP contribution in [0.25, 0.3) is 0 Å². The first-order chi connectivity index (χ1) is 6.09. The van der Waals surface area contributed by atoms with E-state index in [1.165, 1.54) is 0 Å². The molecule has 0 bridgehead atoms. The fourth-order valence-corrected chi connectivity index (χ4v) is 1.01. The summed E-state index contributed by atoms with van der Waals surface area (Å²) in [5, 5.41) is 17.5. The summed E-state index contributed by atoms with van der Waals surface area (Å²) < 4.78 is 0. The summed E-state index contributed by atoms with van der Waals surface area (Å²) >= 11 is 0. The standard InChI is InChI=1S/C9H11NO3/c10-8(11)5-6-1-3-7(4-2-6)9(12)13/h1-4,9,12-13H,5H2,(H2,10,11). The Hall–Kier alpha value is -1.39. The molecule has 0 aromatic heterocycles. The van der Waals surface area contributed by atoms with Crippen molar-refractivity contribution in [3.8, 4) is 0 Å². The van der Waals surface area contributed by atoms with Gasteiger partial charge in [-0.1, -0.05) is 24.3 Å². The number of primary amides is 1. The van der Waals surface area contributed by atoms with Crippen molar-refractivity contribution in [2.24, 2.45) is 5.73 Å². The van der Waals surface area contributed by atoms with Crippen LogP contribution in [0.1, 0.15) is 17.4 Å². The molecule has 70 valence electrons. The third-order valence-corrected chi connectivity index (χ3v) is 1.66. The molecule has 1 aromatic carbocycles. The lowest BCUT2D eigenvalue weighted by Crippen LogP contribution is -2.13. The predicted molar refractivity (Wildman–Crippen MR) is 46.5 cm³/mol. The fraction of sp³-hybridized carbons (Fsp3) is 0.222. The van der Waals surface area contributed by atoms with Gasteiger partial charge in [-0.05, 0) is 5.56 Å². The van der Waals surface area contributed by atoms with Crippen LogP contribution in [-0.4, -0.2) is 16.1 Å². The number of aliphatic hydroxyl groups is 2. The smallest absolute Gasteiger partial charge is 0.221 e. The molecule has 0 atom stereocenters. The highest BCUT2D eigenvalue weighted by Gasteiger charge is 2.02. The zero-order chi connectivity index (χ0) is 9.84. The molecule has 0 heterocycles. The van der Waals surface area contributed by atoms with Crippen LogP contribution < -0.4 is 5.73 Å². The molecule has 4 N–H and O–H groups in total. The molecular weight excluding hydrogens is 170 g/mol. The minimum absolute atomic E-state index is 0.168. The van der Waals surface area contributed by atoms with Crippen LogP contribution in [0.4, 0.5) is 0 Å². The highest BCUT2D eigenvalue weighted by Crippen LogP contribution is 2.10. The molecule has 4 nitrogen and oxygen atoms in total. The van der Waals surface area contributed by atoms with Crippen LogP contribution in [0, 0.1) is 0 Å². The molecular formula is C9H11NO3. The van der Waals surface area contributed by atoms with Crippen LogP contribution in [0.5, 0.6) is 0 Å². The number of aliphatic hydroxyl groups excluding tert-OH is 1. The Morgan fingerprint density at radius 3 is 2.23 bits per heavy atom. The highest BCUT2D eigenvalue weighted by atomic mass is 16.5. The molecule has 0 aliphatic heterocycles. The summed E-state index contributed by atoms with van der Waals surface area (Å²) in [6.07, 6.45) is -1.30. The first-order valence-electron chi connectivity index (χ1n) is 3.83. The Kier molecular flexibility index (Phi) is 3.00. The quantitative estimate of drug-likeness (QED) is 0.560. The lowest BCUT2D eigenvalue weighted by atomic mass is 10.1. The van der Waals surface area contributed by atoms with Crippen molar-refractivity contribution >= 4 is 5.91 Å². The van der Waals surface area contributed by atoms with Crippen LogP contribution in [-0.2, 0) is 11.2 Å². The molecule has 1 amide bonds. The summed E-state index contributed by atoms with van der Waals surface area (Å²) in [7, 11) is 0. The van der Waals surface area contributed by atoms with Crippen molar-refractivity contribution in [1.29, 1.82) is 0 Å². The summed E-state index contributed by atoms with van der Waals surface area (Å²) in [4.78, 5) is 10.5. The fourth-order valence-electron chi connectivity index (χ4n) is 1.01. The Labute approximate surface area is 75.6 Å². The molecule has 4 heteroatoms. The number of rotatable bonds is 3. The summed E-state index contributed by atoms with van der Waals surface area (Å²) in [5.41, 5.74) is 6.14. The van der Waals surface area contributed by atoms with Crippen molar-refractivity contribution in [3.05, 3.63) is 35.4 Å². The predicted octanol–water partition coefficient (Wildman–Crippen LogP) is -0.302. The molecule has 1 rings (SSSR count). The maximum absolute atomic E-state index is 10.5. The number of benzene rings is 1. The van der Waals surface area contributed by atoms with E-state index in [0.717, 1.165) is 5.56 Å². The first-order valence-corrected chi connectivity index (χ1v) is 3.83. The molecule has 0 fully saturated rings. The Morgan fingerprint density at radius 1 is 1.31 bits per heavy atom.